The Morgan fingerprint density at radius 1 is 1.22 bits per heavy atom. The van der Waals surface area contributed by atoms with Crippen molar-refractivity contribution < 1.29 is 4.79 Å². The number of hydrogen-bond acceptors (Lipinski definition) is 6. The van der Waals surface area contributed by atoms with E-state index in [1.165, 1.54) is 0 Å². The van der Waals surface area contributed by atoms with E-state index in [-0.39, 0.29) is 5.91 Å². The van der Waals surface area contributed by atoms with Gasteiger partial charge in [0.2, 0.25) is 0 Å². The fourth-order valence-corrected chi connectivity index (χ4v) is 2.58. The third kappa shape index (κ3) is 4.46. The van der Waals surface area contributed by atoms with Gasteiger partial charge in [0.15, 0.2) is 0 Å². The maximum Gasteiger partial charge on any atom is 0.251 e. The molecule has 0 aliphatic carbocycles. The zero-order valence-corrected chi connectivity index (χ0v) is 15.1. The number of nitrogens with zero attached hydrogens (tertiary/aromatic N) is 5. The van der Waals surface area contributed by atoms with Crippen molar-refractivity contribution in [2.45, 2.75) is 13.8 Å². The quantitative estimate of drug-likeness (QED) is 0.650. The van der Waals surface area contributed by atoms with Crippen molar-refractivity contribution in [2.75, 3.05) is 18.4 Å². The monoisotopic (exact) mass is 361 g/mol. The molecule has 2 N–H and O–H groups in total. The first-order chi connectivity index (χ1) is 13.1. The Hall–Kier alpha value is -3.73. The fraction of sp³-hybridized carbons (Fsp3) is 0.211. The summed E-state index contributed by atoms with van der Waals surface area (Å²) in [6.45, 7) is 4.65. The Labute approximate surface area is 156 Å². The first-order valence-corrected chi connectivity index (χ1v) is 8.45. The molecule has 136 valence electrons. The van der Waals surface area contributed by atoms with Crippen molar-refractivity contribution in [3.8, 4) is 11.9 Å². The minimum absolute atomic E-state index is 0.220. The van der Waals surface area contributed by atoms with Gasteiger partial charge in [0.1, 0.15) is 23.3 Å². The fourth-order valence-electron chi connectivity index (χ4n) is 2.58. The van der Waals surface area contributed by atoms with Gasteiger partial charge in [0.25, 0.3) is 5.91 Å². The Bertz CT molecular complexity index is 1000. The molecule has 2 aromatic heterocycles. The highest BCUT2D eigenvalue weighted by Gasteiger charge is 2.07. The lowest BCUT2D eigenvalue weighted by molar-refractivity contribution is 0.0955. The van der Waals surface area contributed by atoms with Gasteiger partial charge in [-0.25, -0.2) is 15.0 Å². The Balaban J connectivity index is 1.58. The molecule has 0 aliphatic rings. The first kappa shape index (κ1) is 18.1. The van der Waals surface area contributed by atoms with E-state index in [4.69, 9.17) is 5.26 Å². The largest absolute Gasteiger partial charge is 0.368 e. The lowest BCUT2D eigenvalue weighted by Crippen LogP contribution is -2.29. The van der Waals surface area contributed by atoms with Gasteiger partial charge in [-0.05, 0) is 32.0 Å². The molecule has 8 nitrogen and oxygen atoms in total. The molecule has 0 spiro atoms. The van der Waals surface area contributed by atoms with Gasteiger partial charge < -0.3 is 10.6 Å². The predicted octanol–water partition coefficient (Wildman–Crippen LogP) is 1.99. The number of anilines is 1. The van der Waals surface area contributed by atoms with Crippen LogP contribution >= 0.6 is 0 Å². The highest BCUT2D eigenvalue weighted by molar-refractivity contribution is 5.94. The summed E-state index contributed by atoms with van der Waals surface area (Å²) in [5, 5.41) is 14.9. The molecule has 8 heteroatoms. The molecular formula is C19H19N7O. The normalized spacial score (nSPS) is 10.3. The van der Waals surface area contributed by atoms with Gasteiger partial charge in [-0.15, -0.1) is 0 Å². The van der Waals surface area contributed by atoms with Crippen LogP contribution in [-0.4, -0.2) is 38.5 Å². The van der Waals surface area contributed by atoms with Gasteiger partial charge in [0.05, 0.1) is 11.6 Å². The molecule has 1 aromatic carbocycles. The van der Waals surface area contributed by atoms with Gasteiger partial charge in [-0.1, -0.05) is 6.07 Å². The van der Waals surface area contributed by atoms with Crippen molar-refractivity contribution in [3.05, 3.63) is 65.5 Å². The standard InChI is InChI=1S/C19H19N7O/c1-13-24-17(11-18(25-13)26-9-8-21-14(26)2)22-6-7-23-19(27)16-5-3-4-15(10-16)12-20/h3-5,8-11H,6-7H2,1-2H3,(H,23,27)(H,22,24,25). The third-order valence-corrected chi connectivity index (χ3v) is 3.87. The molecule has 0 fully saturated rings. The lowest BCUT2D eigenvalue weighted by atomic mass is 10.1. The SMILES string of the molecule is Cc1nc(NCCNC(=O)c2cccc(C#N)c2)cc(-n2ccnc2C)n1. The second-order valence-corrected chi connectivity index (χ2v) is 5.88. The van der Waals surface area contributed by atoms with E-state index in [0.29, 0.717) is 35.9 Å². The van der Waals surface area contributed by atoms with Crippen LogP contribution in [0.2, 0.25) is 0 Å². The van der Waals surface area contributed by atoms with E-state index >= 15 is 0 Å². The van der Waals surface area contributed by atoms with Crippen LogP contribution < -0.4 is 10.6 Å². The van der Waals surface area contributed by atoms with Gasteiger partial charge in [-0.2, -0.15) is 5.26 Å². The molecule has 0 saturated carbocycles. The van der Waals surface area contributed by atoms with Crippen LogP contribution in [0.15, 0.2) is 42.7 Å². The predicted molar refractivity (Wildman–Crippen MR) is 101 cm³/mol. The molecule has 0 atom stereocenters. The van der Waals surface area contributed by atoms with Crippen LogP contribution in [0.4, 0.5) is 5.82 Å². The number of imidazole rings is 1. The number of aromatic nitrogens is 4. The number of rotatable bonds is 6. The van der Waals surface area contributed by atoms with Crippen LogP contribution in [0.1, 0.15) is 27.6 Å². The molecule has 0 saturated heterocycles. The molecule has 3 rings (SSSR count). The molecule has 0 bridgehead atoms. The van der Waals surface area contributed by atoms with Crippen LogP contribution in [0.5, 0.6) is 0 Å². The third-order valence-electron chi connectivity index (χ3n) is 3.87. The summed E-state index contributed by atoms with van der Waals surface area (Å²) in [7, 11) is 0. The smallest absolute Gasteiger partial charge is 0.251 e. The zero-order chi connectivity index (χ0) is 19.2. The molecule has 0 radical (unpaired) electrons. The van der Waals surface area contributed by atoms with E-state index in [1.807, 2.05) is 36.7 Å². The number of benzene rings is 1. The minimum Gasteiger partial charge on any atom is -0.368 e. The number of nitriles is 1. The molecular weight excluding hydrogens is 342 g/mol. The van der Waals surface area contributed by atoms with Crippen LogP contribution in [0.3, 0.4) is 0 Å². The van der Waals surface area contributed by atoms with Crippen molar-refractivity contribution in [1.82, 2.24) is 24.8 Å². The summed E-state index contributed by atoms with van der Waals surface area (Å²) in [6.07, 6.45) is 3.56. The number of carbonyl (C=O) groups excluding carboxylic acids is 1. The second kappa shape index (κ2) is 8.10. The number of hydrogen-bond donors (Lipinski definition) is 2. The Kier molecular flexibility index (Phi) is 5.42. The molecule has 0 unspecified atom stereocenters. The second-order valence-electron chi connectivity index (χ2n) is 5.88. The highest BCUT2D eigenvalue weighted by atomic mass is 16.1. The summed E-state index contributed by atoms with van der Waals surface area (Å²) >= 11 is 0. The van der Waals surface area contributed by atoms with E-state index in [9.17, 15) is 4.79 Å². The molecule has 2 heterocycles. The number of amides is 1. The minimum atomic E-state index is -0.220. The number of aryl methyl sites for hydroxylation is 2. The number of carbonyl (C=O) groups is 1. The van der Waals surface area contributed by atoms with E-state index in [2.05, 4.69) is 25.6 Å². The van der Waals surface area contributed by atoms with Crippen molar-refractivity contribution in [2.24, 2.45) is 0 Å². The molecule has 0 aliphatic heterocycles. The van der Waals surface area contributed by atoms with Crippen LogP contribution in [0.25, 0.3) is 5.82 Å². The average molecular weight is 361 g/mol. The maximum absolute atomic E-state index is 12.1. The van der Waals surface area contributed by atoms with Crippen molar-refractivity contribution >= 4 is 11.7 Å². The van der Waals surface area contributed by atoms with Crippen LogP contribution in [0, 0.1) is 25.2 Å². The van der Waals surface area contributed by atoms with Gasteiger partial charge in [0, 0.05) is 37.1 Å². The number of nitrogens with one attached hydrogen (secondary N) is 2. The summed E-state index contributed by atoms with van der Waals surface area (Å²) in [6, 6.07) is 10.5. The maximum atomic E-state index is 12.1. The average Bonchev–Trinajstić information content (AvgIpc) is 3.10. The summed E-state index contributed by atoms with van der Waals surface area (Å²) in [5.74, 6) is 2.66. The summed E-state index contributed by atoms with van der Waals surface area (Å²) in [4.78, 5) is 25.1. The van der Waals surface area contributed by atoms with Gasteiger partial charge >= 0.3 is 0 Å². The van der Waals surface area contributed by atoms with Crippen molar-refractivity contribution in [3.63, 3.8) is 0 Å². The Morgan fingerprint density at radius 3 is 2.81 bits per heavy atom. The topological polar surface area (TPSA) is 109 Å². The summed E-state index contributed by atoms with van der Waals surface area (Å²) in [5.41, 5.74) is 0.921. The molecule has 27 heavy (non-hydrogen) atoms. The van der Waals surface area contributed by atoms with Crippen molar-refractivity contribution in [1.29, 1.82) is 5.26 Å². The highest BCUT2D eigenvalue weighted by Crippen LogP contribution is 2.12. The molecule has 3 aromatic rings. The lowest BCUT2D eigenvalue weighted by Gasteiger charge is -2.10. The van der Waals surface area contributed by atoms with E-state index < -0.39 is 0 Å². The molecule has 1 amide bonds. The summed E-state index contributed by atoms with van der Waals surface area (Å²) < 4.78 is 1.88. The zero-order valence-electron chi connectivity index (χ0n) is 15.1. The first-order valence-electron chi connectivity index (χ1n) is 8.45. The van der Waals surface area contributed by atoms with E-state index in [1.54, 1.807) is 30.5 Å². The van der Waals surface area contributed by atoms with E-state index in [0.717, 1.165) is 11.6 Å². The van der Waals surface area contributed by atoms with Crippen LogP contribution in [-0.2, 0) is 0 Å². The Morgan fingerprint density at radius 2 is 2.07 bits per heavy atom. The van der Waals surface area contributed by atoms with Gasteiger partial charge in [-0.3, -0.25) is 9.36 Å².